The van der Waals surface area contributed by atoms with Crippen molar-refractivity contribution < 1.29 is 9.53 Å². The van der Waals surface area contributed by atoms with Gasteiger partial charge in [0.25, 0.3) is 6.47 Å². The molecule has 0 unspecified atom stereocenters. The molecule has 0 bridgehead atoms. The molecule has 0 amide bonds. The molecule has 0 aliphatic carbocycles. The average Bonchev–Trinajstić information content (AvgIpc) is 2.42. The summed E-state index contributed by atoms with van der Waals surface area (Å²) in [6.07, 6.45) is 9.87. The van der Waals surface area contributed by atoms with Crippen molar-refractivity contribution in [3.8, 4) is 0 Å². The lowest BCUT2D eigenvalue weighted by molar-refractivity contribution is -0.128. The Balaban J connectivity index is 1.83. The predicted octanol–water partition coefficient (Wildman–Crippen LogP) is 4.13. The zero-order valence-corrected chi connectivity index (χ0v) is 11.1. The molecule has 1 aromatic rings. The highest BCUT2D eigenvalue weighted by Crippen LogP contribution is 2.10. The molecular formula is C16H24O2. The van der Waals surface area contributed by atoms with Crippen LogP contribution in [0.1, 0.15) is 50.5 Å². The molecule has 0 N–H and O–H groups in total. The van der Waals surface area contributed by atoms with Crippen LogP contribution in [-0.2, 0) is 16.0 Å². The van der Waals surface area contributed by atoms with Gasteiger partial charge in [0, 0.05) is 0 Å². The highest BCUT2D eigenvalue weighted by Gasteiger charge is 1.94. The van der Waals surface area contributed by atoms with Crippen LogP contribution in [0.5, 0.6) is 0 Å². The quantitative estimate of drug-likeness (QED) is 0.434. The fourth-order valence-corrected chi connectivity index (χ4v) is 2.09. The number of benzene rings is 1. The highest BCUT2D eigenvalue weighted by atomic mass is 16.5. The molecule has 100 valence electrons. The molecule has 0 spiro atoms. The molecule has 0 aliphatic rings. The lowest BCUT2D eigenvalue weighted by Crippen LogP contribution is -1.91. The lowest BCUT2D eigenvalue weighted by Gasteiger charge is -2.02. The van der Waals surface area contributed by atoms with Crippen molar-refractivity contribution in [2.75, 3.05) is 6.61 Å². The number of aryl methyl sites for hydroxylation is 1. The zero-order chi connectivity index (χ0) is 12.9. The van der Waals surface area contributed by atoms with Gasteiger partial charge in [-0.2, -0.15) is 0 Å². The molecule has 0 radical (unpaired) electrons. The van der Waals surface area contributed by atoms with E-state index in [1.807, 2.05) is 0 Å². The second kappa shape index (κ2) is 10.8. The van der Waals surface area contributed by atoms with Crippen molar-refractivity contribution in [3.05, 3.63) is 35.9 Å². The molecule has 0 aromatic heterocycles. The molecule has 2 nitrogen and oxygen atoms in total. The third kappa shape index (κ3) is 7.88. The molecular weight excluding hydrogens is 224 g/mol. The van der Waals surface area contributed by atoms with Gasteiger partial charge in [-0.1, -0.05) is 62.4 Å². The summed E-state index contributed by atoms with van der Waals surface area (Å²) in [4.78, 5) is 9.91. The molecule has 1 aromatic carbocycles. The summed E-state index contributed by atoms with van der Waals surface area (Å²) < 4.78 is 4.65. The Morgan fingerprint density at radius 1 is 0.833 bits per heavy atom. The Bertz CT molecular complexity index is 295. The minimum Gasteiger partial charge on any atom is -0.468 e. The van der Waals surface area contributed by atoms with Crippen LogP contribution in [0.15, 0.2) is 30.3 Å². The Kier molecular flexibility index (Phi) is 8.87. The molecule has 0 fully saturated rings. The molecule has 0 aliphatic heterocycles. The first-order valence-electron chi connectivity index (χ1n) is 7.02. The van der Waals surface area contributed by atoms with E-state index in [1.54, 1.807) is 0 Å². The van der Waals surface area contributed by atoms with Crippen LogP contribution in [0.2, 0.25) is 0 Å². The van der Waals surface area contributed by atoms with E-state index in [0.717, 1.165) is 6.42 Å². The summed E-state index contributed by atoms with van der Waals surface area (Å²) in [6.45, 7) is 1.11. The van der Waals surface area contributed by atoms with Gasteiger partial charge in [-0.25, -0.2) is 0 Å². The maximum absolute atomic E-state index is 9.91. The van der Waals surface area contributed by atoms with Crippen LogP contribution in [0.3, 0.4) is 0 Å². The Hall–Kier alpha value is -1.31. The highest BCUT2D eigenvalue weighted by molar-refractivity contribution is 5.36. The van der Waals surface area contributed by atoms with E-state index in [1.165, 1.54) is 50.5 Å². The minimum absolute atomic E-state index is 0.531. The van der Waals surface area contributed by atoms with Gasteiger partial charge < -0.3 is 4.74 Å². The summed E-state index contributed by atoms with van der Waals surface area (Å²) in [5.41, 5.74) is 1.45. The number of hydrogen-bond acceptors (Lipinski definition) is 2. The number of hydrogen-bond donors (Lipinski definition) is 0. The molecule has 0 heterocycles. The van der Waals surface area contributed by atoms with E-state index in [4.69, 9.17) is 0 Å². The number of ether oxygens (including phenoxy) is 1. The van der Waals surface area contributed by atoms with E-state index in [0.29, 0.717) is 13.1 Å². The SMILES string of the molecule is O=COCCCCCCCCCc1ccccc1. The van der Waals surface area contributed by atoms with Crippen molar-refractivity contribution >= 4 is 6.47 Å². The maximum Gasteiger partial charge on any atom is 0.293 e. The van der Waals surface area contributed by atoms with Crippen LogP contribution < -0.4 is 0 Å². The van der Waals surface area contributed by atoms with E-state index in [-0.39, 0.29) is 0 Å². The van der Waals surface area contributed by atoms with E-state index in [9.17, 15) is 4.79 Å². The van der Waals surface area contributed by atoms with Crippen LogP contribution in [0, 0.1) is 0 Å². The van der Waals surface area contributed by atoms with Gasteiger partial charge in [0.05, 0.1) is 6.61 Å². The number of carbonyl (C=O) groups is 1. The monoisotopic (exact) mass is 248 g/mol. The molecule has 0 atom stereocenters. The molecule has 18 heavy (non-hydrogen) atoms. The van der Waals surface area contributed by atoms with Crippen LogP contribution in [0.4, 0.5) is 0 Å². The lowest BCUT2D eigenvalue weighted by atomic mass is 10.0. The summed E-state index contributed by atoms with van der Waals surface area (Å²) in [7, 11) is 0. The maximum atomic E-state index is 9.91. The van der Waals surface area contributed by atoms with Crippen molar-refractivity contribution in [1.29, 1.82) is 0 Å². The third-order valence-corrected chi connectivity index (χ3v) is 3.14. The first-order valence-corrected chi connectivity index (χ1v) is 7.02. The van der Waals surface area contributed by atoms with Gasteiger partial charge in [0.15, 0.2) is 0 Å². The zero-order valence-electron chi connectivity index (χ0n) is 11.1. The third-order valence-electron chi connectivity index (χ3n) is 3.14. The summed E-state index contributed by atoms with van der Waals surface area (Å²) in [5.74, 6) is 0. The Labute approximate surface area is 110 Å². The molecule has 1 rings (SSSR count). The van der Waals surface area contributed by atoms with E-state index < -0.39 is 0 Å². The summed E-state index contributed by atoms with van der Waals surface area (Å²) >= 11 is 0. The van der Waals surface area contributed by atoms with Gasteiger partial charge in [0.2, 0.25) is 0 Å². The smallest absolute Gasteiger partial charge is 0.293 e. The van der Waals surface area contributed by atoms with Gasteiger partial charge in [-0.05, 0) is 24.8 Å². The van der Waals surface area contributed by atoms with Crippen molar-refractivity contribution in [3.63, 3.8) is 0 Å². The molecule has 2 heteroatoms. The van der Waals surface area contributed by atoms with Gasteiger partial charge in [-0.3, -0.25) is 4.79 Å². The summed E-state index contributed by atoms with van der Waals surface area (Å²) in [5, 5.41) is 0. The average molecular weight is 248 g/mol. The number of unbranched alkanes of at least 4 members (excludes halogenated alkanes) is 6. The van der Waals surface area contributed by atoms with Gasteiger partial charge in [0.1, 0.15) is 0 Å². The largest absolute Gasteiger partial charge is 0.468 e. The molecule has 0 saturated heterocycles. The van der Waals surface area contributed by atoms with Crippen LogP contribution >= 0.6 is 0 Å². The van der Waals surface area contributed by atoms with E-state index in [2.05, 4.69) is 35.1 Å². The first kappa shape index (κ1) is 14.7. The summed E-state index contributed by atoms with van der Waals surface area (Å²) in [6, 6.07) is 10.7. The van der Waals surface area contributed by atoms with Crippen molar-refractivity contribution in [1.82, 2.24) is 0 Å². The van der Waals surface area contributed by atoms with Gasteiger partial charge >= 0.3 is 0 Å². The fourth-order valence-electron chi connectivity index (χ4n) is 2.09. The standard InChI is InChI=1S/C16H24O2/c17-15-18-14-10-5-3-1-2-4-7-11-16-12-8-6-9-13-16/h6,8-9,12-13,15H,1-5,7,10-11,14H2. The minimum atomic E-state index is 0.531. The second-order valence-corrected chi connectivity index (χ2v) is 4.68. The van der Waals surface area contributed by atoms with E-state index >= 15 is 0 Å². The van der Waals surface area contributed by atoms with Crippen LogP contribution in [-0.4, -0.2) is 13.1 Å². The Morgan fingerprint density at radius 3 is 2.11 bits per heavy atom. The van der Waals surface area contributed by atoms with Crippen molar-refractivity contribution in [2.45, 2.75) is 51.4 Å². The normalized spacial score (nSPS) is 10.2. The first-order chi connectivity index (χ1) is 8.93. The van der Waals surface area contributed by atoms with Crippen molar-refractivity contribution in [2.24, 2.45) is 0 Å². The molecule has 0 saturated carbocycles. The van der Waals surface area contributed by atoms with Crippen LogP contribution in [0.25, 0.3) is 0 Å². The topological polar surface area (TPSA) is 26.3 Å². The number of carbonyl (C=O) groups excluding carboxylic acids is 1. The van der Waals surface area contributed by atoms with Gasteiger partial charge in [-0.15, -0.1) is 0 Å². The fraction of sp³-hybridized carbons (Fsp3) is 0.562. The Morgan fingerprint density at radius 2 is 1.44 bits per heavy atom. The predicted molar refractivity (Wildman–Crippen MR) is 74.5 cm³/mol. The second-order valence-electron chi connectivity index (χ2n) is 4.68. The number of rotatable bonds is 11.